The average Bonchev–Trinajstić information content (AvgIpc) is 2.46. The first-order valence-corrected chi connectivity index (χ1v) is 7.20. The number of carboxylic acids is 1. The van der Waals surface area contributed by atoms with Crippen LogP contribution in [0.1, 0.15) is 49.5 Å². The van der Waals surface area contributed by atoms with E-state index in [4.69, 9.17) is 9.84 Å². The van der Waals surface area contributed by atoms with Crippen LogP contribution in [0.15, 0.2) is 18.2 Å². The highest BCUT2D eigenvalue weighted by Crippen LogP contribution is 2.20. The summed E-state index contributed by atoms with van der Waals surface area (Å²) in [5, 5.41) is 11.8. The van der Waals surface area contributed by atoms with Crippen LogP contribution < -0.4 is 10.1 Å². The number of hydrogen-bond acceptors (Lipinski definition) is 3. The highest BCUT2D eigenvalue weighted by molar-refractivity contribution is 5.88. The predicted molar refractivity (Wildman–Crippen MR) is 80.7 cm³/mol. The summed E-state index contributed by atoms with van der Waals surface area (Å²) < 4.78 is 5.63. The van der Waals surface area contributed by atoms with Crippen LogP contribution in [0.5, 0.6) is 5.75 Å². The summed E-state index contributed by atoms with van der Waals surface area (Å²) >= 11 is 0. The average molecular weight is 293 g/mol. The Morgan fingerprint density at radius 3 is 2.38 bits per heavy atom. The highest BCUT2D eigenvalue weighted by Gasteiger charge is 2.18. The second kappa shape index (κ2) is 7.67. The van der Waals surface area contributed by atoms with Crippen molar-refractivity contribution in [2.75, 3.05) is 0 Å². The lowest BCUT2D eigenvalue weighted by atomic mass is 10.1. The Kier molecular flexibility index (Phi) is 6.21. The van der Waals surface area contributed by atoms with E-state index in [9.17, 15) is 9.59 Å². The van der Waals surface area contributed by atoms with E-state index in [1.165, 1.54) is 12.1 Å². The molecule has 1 aromatic rings. The molecule has 2 N–H and O–H groups in total. The molecular formula is C16H23NO4. The molecule has 0 aliphatic carbocycles. The van der Waals surface area contributed by atoms with Gasteiger partial charge in [0.25, 0.3) is 5.91 Å². The van der Waals surface area contributed by atoms with E-state index in [0.29, 0.717) is 11.3 Å². The Morgan fingerprint density at radius 2 is 1.90 bits per heavy atom. The normalized spacial score (nSPS) is 12.0. The molecule has 5 nitrogen and oxygen atoms in total. The van der Waals surface area contributed by atoms with Gasteiger partial charge in [-0.15, -0.1) is 0 Å². The number of amides is 1. The van der Waals surface area contributed by atoms with Crippen LogP contribution in [0.2, 0.25) is 0 Å². The first-order chi connectivity index (χ1) is 9.88. The maximum atomic E-state index is 12.0. The van der Waals surface area contributed by atoms with Crippen LogP contribution in [0.4, 0.5) is 0 Å². The third-order valence-corrected chi connectivity index (χ3v) is 3.43. The Morgan fingerprint density at radius 1 is 1.29 bits per heavy atom. The minimum Gasteiger partial charge on any atom is -0.481 e. The van der Waals surface area contributed by atoms with Gasteiger partial charge in [-0.1, -0.05) is 13.8 Å². The Bertz CT molecular complexity index is 509. The molecule has 1 aromatic carbocycles. The van der Waals surface area contributed by atoms with Crippen LogP contribution in [-0.4, -0.2) is 29.1 Å². The number of nitrogens with one attached hydrogen (secondary N) is 1. The third-order valence-electron chi connectivity index (χ3n) is 3.43. The molecule has 0 spiro atoms. The van der Waals surface area contributed by atoms with Gasteiger partial charge in [0, 0.05) is 6.04 Å². The summed E-state index contributed by atoms with van der Waals surface area (Å²) in [4.78, 5) is 22.9. The molecule has 0 heterocycles. The first-order valence-electron chi connectivity index (χ1n) is 7.20. The van der Waals surface area contributed by atoms with Gasteiger partial charge in [-0.05, 0) is 50.5 Å². The minimum absolute atomic E-state index is 0.152. The molecule has 0 aliphatic rings. The largest absolute Gasteiger partial charge is 0.481 e. The number of carbonyl (C=O) groups is 2. The standard InChI is InChI=1S/C16H23NO4/c1-5-13(6-2)17-15(18)11(4)21-14-8-7-12(16(19)20)9-10(14)3/h7-9,11,13H,5-6H2,1-4H3,(H,17,18)(H,19,20). The molecule has 0 bridgehead atoms. The third kappa shape index (κ3) is 4.77. The number of carbonyl (C=O) groups excluding carboxylic acids is 1. The summed E-state index contributed by atoms with van der Waals surface area (Å²) in [5.74, 6) is -0.623. The number of benzene rings is 1. The molecule has 1 atom stereocenters. The van der Waals surface area contributed by atoms with Crippen LogP contribution in [-0.2, 0) is 4.79 Å². The van der Waals surface area contributed by atoms with Crippen molar-refractivity contribution in [2.24, 2.45) is 0 Å². The zero-order valence-corrected chi connectivity index (χ0v) is 13.0. The zero-order chi connectivity index (χ0) is 16.0. The van der Waals surface area contributed by atoms with Crippen LogP contribution in [0.25, 0.3) is 0 Å². The van der Waals surface area contributed by atoms with Crippen LogP contribution in [0.3, 0.4) is 0 Å². The van der Waals surface area contributed by atoms with Gasteiger partial charge in [-0.3, -0.25) is 4.79 Å². The minimum atomic E-state index is -0.982. The van der Waals surface area contributed by atoms with E-state index in [2.05, 4.69) is 5.32 Å². The molecule has 0 aliphatic heterocycles. The van der Waals surface area contributed by atoms with Crippen molar-refractivity contribution in [1.82, 2.24) is 5.32 Å². The monoisotopic (exact) mass is 293 g/mol. The molecule has 0 radical (unpaired) electrons. The number of rotatable bonds is 7. The molecule has 21 heavy (non-hydrogen) atoms. The smallest absolute Gasteiger partial charge is 0.335 e. The Labute approximate surface area is 125 Å². The molecule has 116 valence electrons. The van der Waals surface area contributed by atoms with Gasteiger partial charge in [0.05, 0.1) is 5.56 Å². The van der Waals surface area contributed by atoms with Gasteiger partial charge < -0.3 is 15.2 Å². The van der Waals surface area contributed by atoms with E-state index in [-0.39, 0.29) is 17.5 Å². The lowest BCUT2D eigenvalue weighted by molar-refractivity contribution is -0.128. The summed E-state index contributed by atoms with van der Waals surface area (Å²) in [5.41, 5.74) is 0.895. The van der Waals surface area contributed by atoms with Crippen molar-refractivity contribution in [1.29, 1.82) is 0 Å². The Balaban J connectivity index is 2.72. The Hall–Kier alpha value is -2.04. The maximum absolute atomic E-state index is 12.0. The fourth-order valence-corrected chi connectivity index (χ4v) is 1.97. The van der Waals surface area contributed by atoms with Crippen molar-refractivity contribution in [2.45, 2.75) is 52.7 Å². The lowest BCUT2D eigenvalue weighted by Crippen LogP contribution is -2.42. The van der Waals surface area contributed by atoms with Gasteiger partial charge >= 0.3 is 5.97 Å². The van der Waals surface area contributed by atoms with Crippen molar-refractivity contribution in [3.8, 4) is 5.75 Å². The number of carboxylic acid groups (broad SMARTS) is 1. The number of ether oxygens (including phenoxy) is 1. The van der Waals surface area contributed by atoms with E-state index in [1.54, 1.807) is 19.9 Å². The quantitative estimate of drug-likeness (QED) is 0.810. The molecule has 0 aromatic heterocycles. The molecule has 0 saturated heterocycles. The second-order valence-corrected chi connectivity index (χ2v) is 5.07. The van der Waals surface area contributed by atoms with Crippen molar-refractivity contribution < 1.29 is 19.4 Å². The van der Waals surface area contributed by atoms with Crippen molar-refractivity contribution >= 4 is 11.9 Å². The van der Waals surface area contributed by atoms with Crippen LogP contribution in [0, 0.1) is 6.92 Å². The summed E-state index contributed by atoms with van der Waals surface area (Å²) in [6.07, 6.45) is 1.13. The molecule has 1 unspecified atom stereocenters. The van der Waals surface area contributed by atoms with Crippen molar-refractivity contribution in [3.63, 3.8) is 0 Å². The fraction of sp³-hybridized carbons (Fsp3) is 0.500. The molecule has 0 saturated carbocycles. The fourth-order valence-electron chi connectivity index (χ4n) is 1.97. The van der Waals surface area contributed by atoms with E-state index >= 15 is 0 Å². The molecular weight excluding hydrogens is 270 g/mol. The highest BCUT2D eigenvalue weighted by atomic mass is 16.5. The number of aryl methyl sites for hydroxylation is 1. The number of aromatic carboxylic acids is 1. The SMILES string of the molecule is CCC(CC)NC(=O)C(C)Oc1ccc(C(=O)O)cc1C. The summed E-state index contributed by atoms with van der Waals surface area (Å²) in [7, 11) is 0. The topological polar surface area (TPSA) is 75.6 Å². The van der Waals surface area contributed by atoms with Gasteiger partial charge in [0.15, 0.2) is 6.10 Å². The molecule has 5 heteroatoms. The van der Waals surface area contributed by atoms with Crippen molar-refractivity contribution in [3.05, 3.63) is 29.3 Å². The summed E-state index contributed by atoms with van der Waals surface area (Å²) in [6.45, 7) is 7.49. The zero-order valence-electron chi connectivity index (χ0n) is 13.0. The van der Waals surface area contributed by atoms with Gasteiger partial charge in [0.1, 0.15) is 5.75 Å². The van der Waals surface area contributed by atoms with E-state index in [0.717, 1.165) is 12.8 Å². The van der Waals surface area contributed by atoms with E-state index < -0.39 is 12.1 Å². The predicted octanol–water partition coefficient (Wildman–Crippen LogP) is 2.77. The van der Waals surface area contributed by atoms with E-state index in [1.807, 2.05) is 13.8 Å². The molecule has 1 rings (SSSR count). The lowest BCUT2D eigenvalue weighted by Gasteiger charge is -2.20. The van der Waals surface area contributed by atoms with Gasteiger partial charge in [-0.25, -0.2) is 4.79 Å². The van der Waals surface area contributed by atoms with Gasteiger partial charge in [0.2, 0.25) is 0 Å². The summed E-state index contributed by atoms with van der Waals surface area (Å²) in [6, 6.07) is 4.73. The van der Waals surface area contributed by atoms with Gasteiger partial charge in [-0.2, -0.15) is 0 Å². The first kappa shape index (κ1) is 17.0. The maximum Gasteiger partial charge on any atom is 0.335 e. The second-order valence-electron chi connectivity index (χ2n) is 5.07. The van der Waals surface area contributed by atoms with Crippen LogP contribution >= 0.6 is 0 Å². The molecule has 0 fully saturated rings. The number of hydrogen-bond donors (Lipinski definition) is 2. The molecule has 1 amide bonds.